The Hall–Kier alpha value is -3.60. The van der Waals surface area contributed by atoms with Crippen molar-refractivity contribution in [3.8, 4) is 11.4 Å². The van der Waals surface area contributed by atoms with Crippen LogP contribution >= 0.6 is 11.8 Å². The molecule has 0 saturated carbocycles. The Kier molecular flexibility index (Phi) is 8.11. The predicted octanol–water partition coefficient (Wildman–Crippen LogP) is 4.09. The Bertz CT molecular complexity index is 1230. The normalized spacial score (nSPS) is 11.7. The second kappa shape index (κ2) is 11.0. The molecule has 0 bridgehead atoms. The van der Waals surface area contributed by atoms with Gasteiger partial charge in [0.1, 0.15) is 0 Å². The Labute approximate surface area is 198 Å². The molecular formula is C23H22F3N5O2S. The van der Waals surface area contributed by atoms with Crippen molar-refractivity contribution in [2.45, 2.75) is 30.8 Å². The van der Waals surface area contributed by atoms with Gasteiger partial charge in [-0.05, 0) is 32.0 Å². The molecule has 1 heterocycles. The Morgan fingerprint density at radius 1 is 1.18 bits per heavy atom. The third kappa shape index (κ3) is 5.84. The van der Waals surface area contributed by atoms with Crippen LogP contribution in [0, 0.1) is 24.4 Å². The van der Waals surface area contributed by atoms with Gasteiger partial charge in [0.15, 0.2) is 28.4 Å². The first-order valence-corrected chi connectivity index (χ1v) is 11.1. The number of carbonyl (C=O) groups excluding carboxylic acids is 2. The zero-order chi connectivity index (χ0) is 24.8. The van der Waals surface area contributed by atoms with E-state index in [1.54, 1.807) is 13.0 Å². The lowest BCUT2D eigenvalue weighted by Gasteiger charge is -2.13. The minimum Gasteiger partial charge on any atom is -0.346 e. The average Bonchev–Trinajstić information content (AvgIpc) is 3.20. The summed E-state index contributed by atoms with van der Waals surface area (Å²) in [5.41, 5.74) is 1.41. The number of anilines is 1. The first-order chi connectivity index (χ1) is 16.2. The van der Waals surface area contributed by atoms with Crippen molar-refractivity contribution in [2.75, 3.05) is 11.9 Å². The van der Waals surface area contributed by atoms with E-state index < -0.39 is 46.7 Å². The molecule has 34 heavy (non-hydrogen) atoms. The highest BCUT2D eigenvalue weighted by Crippen LogP contribution is 2.27. The molecular weight excluding hydrogens is 467 g/mol. The summed E-state index contributed by atoms with van der Waals surface area (Å²) in [6, 6.07) is 9.35. The van der Waals surface area contributed by atoms with Crippen LogP contribution in [0.3, 0.4) is 0 Å². The third-order valence-corrected chi connectivity index (χ3v) is 5.77. The molecule has 7 nitrogen and oxygen atoms in total. The van der Waals surface area contributed by atoms with Gasteiger partial charge in [0.05, 0.1) is 17.5 Å². The van der Waals surface area contributed by atoms with Gasteiger partial charge < -0.3 is 10.6 Å². The second-order valence-electron chi connectivity index (χ2n) is 7.32. The topological polar surface area (TPSA) is 88.9 Å². The van der Waals surface area contributed by atoms with Gasteiger partial charge in [0.25, 0.3) is 0 Å². The Balaban J connectivity index is 1.63. The molecule has 0 aliphatic rings. The van der Waals surface area contributed by atoms with Gasteiger partial charge in [-0.2, -0.15) is 0 Å². The molecule has 2 amide bonds. The van der Waals surface area contributed by atoms with Crippen LogP contribution in [-0.4, -0.2) is 38.4 Å². The predicted molar refractivity (Wildman–Crippen MR) is 124 cm³/mol. The van der Waals surface area contributed by atoms with Gasteiger partial charge in [-0.25, -0.2) is 13.2 Å². The van der Waals surface area contributed by atoms with Crippen molar-refractivity contribution < 1.29 is 22.8 Å². The number of carbonyl (C=O) groups is 2. The molecule has 1 unspecified atom stereocenters. The molecule has 2 aromatic carbocycles. The lowest BCUT2D eigenvalue weighted by Crippen LogP contribution is -2.37. The minimum atomic E-state index is -1.69. The van der Waals surface area contributed by atoms with Crippen LogP contribution < -0.4 is 10.6 Å². The van der Waals surface area contributed by atoms with Gasteiger partial charge >= 0.3 is 0 Å². The number of hydrogen-bond donors (Lipinski definition) is 2. The summed E-state index contributed by atoms with van der Waals surface area (Å²) in [5, 5.41) is 12.8. The van der Waals surface area contributed by atoms with E-state index in [0.717, 1.165) is 29.0 Å². The number of rotatable bonds is 9. The number of aryl methyl sites for hydroxylation is 1. The first kappa shape index (κ1) is 25.0. The minimum absolute atomic E-state index is 0.426. The van der Waals surface area contributed by atoms with Crippen LogP contribution in [0.2, 0.25) is 0 Å². The SMILES string of the molecule is C=CCn1c(SC(C)C(=O)NCC(=O)Nc2ccc(F)c(F)c2F)nnc1-c1cccc(C)c1. The van der Waals surface area contributed by atoms with Crippen LogP contribution in [-0.2, 0) is 16.1 Å². The van der Waals surface area contributed by atoms with Gasteiger partial charge in [-0.1, -0.05) is 41.6 Å². The van der Waals surface area contributed by atoms with Crippen LogP contribution in [0.25, 0.3) is 11.4 Å². The lowest BCUT2D eigenvalue weighted by molar-refractivity contribution is -0.123. The fourth-order valence-corrected chi connectivity index (χ4v) is 3.89. The molecule has 178 valence electrons. The number of halogens is 3. The molecule has 0 aliphatic heterocycles. The Morgan fingerprint density at radius 3 is 2.65 bits per heavy atom. The van der Waals surface area contributed by atoms with Crippen molar-refractivity contribution in [3.63, 3.8) is 0 Å². The fourth-order valence-electron chi connectivity index (χ4n) is 3.01. The number of amides is 2. The first-order valence-electron chi connectivity index (χ1n) is 10.2. The number of nitrogens with one attached hydrogen (secondary N) is 2. The van der Waals surface area contributed by atoms with Crippen LogP contribution in [0.5, 0.6) is 0 Å². The summed E-state index contributed by atoms with van der Waals surface area (Å²) in [6.45, 7) is 7.30. The molecule has 3 rings (SSSR count). The molecule has 0 saturated heterocycles. The number of nitrogens with zero attached hydrogens (tertiary/aromatic N) is 3. The van der Waals surface area contributed by atoms with Crippen molar-refractivity contribution in [1.82, 2.24) is 20.1 Å². The maximum absolute atomic E-state index is 13.7. The number of hydrogen-bond acceptors (Lipinski definition) is 5. The molecule has 1 atom stereocenters. The van der Waals surface area contributed by atoms with Crippen molar-refractivity contribution in [1.29, 1.82) is 0 Å². The maximum atomic E-state index is 13.7. The van der Waals surface area contributed by atoms with Crippen LogP contribution in [0.1, 0.15) is 12.5 Å². The molecule has 0 fully saturated rings. The number of aromatic nitrogens is 3. The van der Waals surface area contributed by atoms with Gasteiger partial charge in [-0.15, -0.1) is 16.8 Å². The molecule has 11 heteroatoms. The summed E-state index contributed by atoms with van der Waals surface area (Å²) in [7, 11) is 0. The zero-order valence-corrected chi connectivity index (χ0v) is 19.3. The average molecular weight is 490 g/mol. The molecule has 0 spiro atoms. The highest BCUT2D eigenvalue weighted by Gasteiger charge is 2.21. The molecule has 0 aliphatic carbocycles. The van der Waals surface area contributed by atoms with E-state index >= 15 is 0 Å². The highest BCUT2D eigenvalue weighted by atomic mass is 32.2. The fraction of sp³-hybridized carbons (Fsp3) is 0.217. The summed E-state index contributed by atoms with van der Waals surface area (Å²) < 4.78 is 41.8. The molecule has 3 aromatic rings. The summed E-state index contributed by atoms with van der Waals surface area (Å²) in [4.78, 5) is 24.5. The van der Waals surface area contributed by atoms with Gasteiger partial charge in [-0.3, -0.25) is 14.2 Å². The molecule has 1 aromatic heterocycles. The van der Waals surface area contributed by atoms with Crippen LogP contribution in [0.15, 0.2) is 54.2 Å². The lowest BCUT2D eigenvalue weighted by atomic mass is 10.1. The third-order valence-electron chi connectivity index (χ3n) is 4.69. The quantitative estimate of drug-likeness (QED) is 0.269. The van der Waals surface area contributed by atoms with E-state index in [2.05, 4.69) is 27.4 Å². The number of allylic oxidation sites excluding steroid dienone is 1. The van der Waals surface area contributed by atoms with Crippen molar-refractivity contribution in [3.05, 3.63) is 72.1 Å². The Morgan fingerprint density at radius 2 is 1.94 bits per heavy atom. The van der Waals surface area contributed by atoms with E-state index in [-0.39, 0.29) is 0 Å². The highest BCUT2D eigenvalue weighted by molar-refractivity contribution is 8.00. The van der Waals surface area contributed by atoms with Gasteiger partial charge in [0.2, 0.25) is 11.8 Å². The summed E-state index contributed by atoms with van der Waals surface area (Å²) >= 11 is 1.15. The van der Waals surface area contributed by atoms with Crippen molar-refractivity contribution >= 4 is 29.3 Å². The van der Waals surface area contributed by atoms with E-state index in [1.807, 2.05) is 35.8 Å². The second-order valence-corrected chi connectivity index (χ2v) is 8.63. The summed E-state index contributed by atoms with van der Waals surface area (Å²) in [6.07, 6.45) is 1.69. The van der Waals surface area contributed by atoms with Crippen LogP contribution in [0.4, 0.5) is 18.9 Å². The number of benzene rings is 2. The number of thioether (sulfide) groups is 1. The smallest absolute Gasteiger partial charge is 0.243 e. The van der Waals surface area contributed by atoms with E-state index in [4.69, 9.17) is 0 Å². The molecule has 2 N–H and O–H groups in total. The standard InChI is InChI=1S/C23H22F3N5O2S/c1-4-10-31-21(15-7-5-6-13(2)11-15)29-30-23(31)34-14(3)22(33)27-12-18(32)28-17-9-8-16(24)19(25)20(17)26/h4-9,11,14H,1,10,12H2,2-3H3,(H,27,33)(H,28,32). The zero-order valence-electron chi connectivity index (χ0n) is 18.4. The monoisotopic (exact) mass is 489 g/mol. The van der Waals surface area contributed by atoms with E-state index in [0.29, 0.717) is 23.6 Å². The van der Waals surface area contributed by atoms with Gasteiger partial charge in [0, 0.05) is 12.1 Å². The molecule has 0 radical (unpaired) electrons. The largest absolute Gasteiger partial charge is 0.346 e. The van der Waals surface area contributed by atoms with E-state index in [9.17, 15) is 22.8 Å². The van der Waals surface area contributed by atoms with Crippen molar-refractivity contribution in [2.24, 2.45) is 0 Å². The summed E-state index contributed by atoms with van der Waals surface area (Å²) in [5.74, 6) is -5.23. The van der Waals surface area contributed by atoms with E-state index in [1.165, 1.54) is 0 Å². The maximum Gasteiger partial charge on any atom is 0.243 e.